The van der Waals surface area contributed by atoms with E-state index in [1.807, 2.05) is 0 Å². The molecule has 2 amide bonds. The molecule has 0 N–H and O–H groups in total. The molecule has 102 valence electrons. The van der Waals surface area contributed by atoms with E-state index in [9.17, 15) is 14.4 Å². The zero-order chi connectivity index (χ0) is 14.3. The van der Waals surface area contributed by atoms with E-state index < -0.39 is 6.04 Å². The van der Waals surface area contributed by atoms with Crippen molar-refractivity contribution < 1.29 is 14.4 Å². The van der Waals surface area contributed by atoms with Gasteiger partial charge in [-0.3, -0.25) is 19.3 Å². The van der Waals surface area contributed by atoms with Crippen LogP contribution in [-0.2, 0) is 16.0 Å². The third-order valence-electron chi connectivity index (χ3n) is 3.83. The molecule has 1 saturated carbocycles. The Labute approximate surface area is 121 Å². The molecule has 20 heavy (non-hydrogen) atoms. The second kappa shape index (κ2) is 4.90. The minimum Gasteiger partial charge on any atom is -0.297 e. The van der Waals surface area contributed by atoms with Crippen molar-refractivity contribution in [3.8, 4) is 0 Å². The third-order valence-corrected chi connectivity index (χ3v) is 4.18. The molecule has 5 heteroatoms. The highest BCUT2D eigenvalue weighted by Crippen LogP contribution is 2.26. The number of nitrogens with zero attached hydrogens (tertiary/aromatic N) is 1. The van der Waals surface area contributed by atoms with Crippen molar-refractivity contribution in [2.24, 2.45) is 0 Å². The molecule has 1 aliphatic carbocycles. The number of ketones is 1. The molecular weight excluding hydrogens is 274 g/mol. The maximum Gasteiger partial charge on any atom is 0.261 e. The molecule has 2 aliphatic rings. The zero-order valence-electron chi connectivity index (χ0n) is 10.8. The van der Waals surface area contributed by atoms with E-state index >= 15 is 0 Å². The Kier molecular flexibility index (Phi) is 3.22. The lowest BCUT2D eigenvalue weighted by molar-refractivity contribution is -0.136. The second-order valence-electron chi connectivity index (χ2n) is 5.14. The average molecular weight is 287 g/mol. The van der Waals surface area contributed by atoms with Gasteiger partial charge in [0.25, 0.3) is 5.91 Å². The van der Waals surface area contributed by atoms with Crippen molar-refractivity contribution in [3.05, 3.63) is 35.4 Å². The summed E-state index contributed by atoms with van der Waals surface area (Å²) in [6, 6.07) is 6.41. The molecule has 0 saturated heterocycles. The van der Waals surface area contributed by atoms with Gasteiger partial charge in [-0.2, -0.15) is 0 Å². The van der Waals surface area contributed by atoms with Crippen LogP contribution in [0, 0.1) is 0 Å². The number of carbonyl (C=O) groups excluding carboxylic acids is 3. The fraction of sp³-hybridized carbons (Fsp3) is 0.333. The lowest BCUT2D eigenvalue weighted by Gasteiger charge is -2.34. The summed E-state index contributed by atoms with van der Waals surface area (Å²) >= 11 is 5.05. The number of benzene rings is 1. The summed E-state index contributed by atoms with van der Waals surface area (Å²) in [5.74, 6) is -0.773. The van der Waals surface area contributed by atoms with Crippen LogP contribution < -0.4 is 0 Å². The molecule has 1 aliphatic heterocycles. The molecule has 4 nitrogen and oxygen atoms in total. The Bertz CT molecular complexity index is 638. The molecule has 1 fully saturated rings. The molecule has 0 radical (unpaired) electrons. The van der Waals surface area contributed by atoms with Gasteiger partial charge in [0, 0.05) is 16.8 Å². The molecule has 1 aromatic carbocycles. The lowest BCUT2D eigenvalue weighted by Crippen LogP contribution is -2.53. The predicted octanol–water partition coefficient (Wildman–Crippen LogP) is 1.70. The molecule has 1 atom stereocenters. The van der Waals surface area contributed by atoms with Gasteiger partial charge < -0.3 is 0 Å². The lowest BCUT2D eigenvalue weighted by atomic mass is 9.89. The first kappa shape index (κ1) is 13.1. The first-order chi connectivity index (χ1) is 9.58. The Morgan fingerprint density at radius 2 is 1.85 bits per heavy atom. The predicted molar refractivity (Wildman–Crippen MR) is 76.6 cm³/mol. The Hall–Kier alpha value is -1.88. The number of rotatable bonds is 1. The normalized spacial score (nSPS) is 23.0. The van der Waals surface area contributed by atoms with Gasteiger partial charge in [0.05, 0.1) is 12.5 Å². The minimum atomic E-state index is -0.643. The number of fused-ring (bicyclic) bond motifs is 1. The van der Waals surface area contributed by atoms with Crippen LogP contribution in [0.4, 0.5) is 0 Å². The number of hydrogen-bond donors (Lipinski definition) is 0. The van der Waals surface area contributed by atoms with Crippen LogP contribution in [0.1, 0.15) is 35.2 Å². The number of Topliss-reactive ketones (excluding diaryl/α,β-unsaturated/α-hetero) is 1. The van der Waals surface area contributed by atoms with Crippen molar-refractivity contribution in [1.82, 2.24) is 4.90 Å². The van der Waals surface area contributed by atoms with Crippen molar-refractivity contribution in [1.29, 1.82) is 0 Å². The summed E-state index contributed by atoms with van der Waals surface area (Å²) in [6.45, 7) is 0. The first-order valence-electron chi connectivity index (χ1n) is 6.56. The number of carbonyl (C=O) groups is 3. The Morgan fingerprint density at radius 3 is 2.60 bits per heavy atom. The quantitative estimate of drug-likeness (QED) is 0.583. The number of amides is 2. The fourth-order valence-corrected chi connectivity index (χ4v) is 3.08. The third kappa shape index (κ3) is 2.08. The first-order valence-corrected chi connectivity index (χ1v) is 6.97. The largest absolute Gasteiger partial charge is 0.297 e. The number of imide groups is 1. The number of thiocarbonyl (C=S) groups is 1. The van der Waals surface area contributed by atoms with Crippen molar-refractivity contribution >= 4 is 34.7 Å². The summed E-state index contributed by atoms with van der Waals surface area (Å²) in [7, 11) is 0. The van der Waals surface area contributed by atoms with E-state index in [1.54, 1.807) is 24.3 Å². The maximum absolute atomic E-state index is 12.5. The van der Waals surface area contributed by atoms with Gasteiger partial charge in [0.1, 0.15) is 0 Å². The maximum atomic E-state index is 12.5. The topological polar surface area (TPSA) is 54.5 Å². The van der Waals surface area contributed by atoms with E-state index in [4.69, 9.17) is 12.2 Å². The summed E-state index contributed by atoms with van der Waals surface area (Å²) < 4.78 is 0. The molecule has 0 bridgehead atoms. The van der Waals surface area contributed by atoms with E-state index in [-0.39, 0.29) is 30.4 Å². The summed E-state index contributed by atoms with van der Waals surface area (Å²) in [6.07, 6.45) is 1.44. The van der Waals surface area contributed by atoms with Gasteiger partial charge in [-0.05, 0) is 24.5 Å². The molecule has 0 aromatic heterocycles. The van der Waals surface area contributed by atoms with Gasteiger partial charge in [-0.1, -0.05) is 30.4 Å². The van der Waals surface area contributed by atoms with Crippen molar-refractivity contribution in [2.75, 3.05) is 0 Å². The molecule has 1 heterocycles. The zero-order valence-corrected chi connectivity index (χ0v) is 11.6. The van der Waals surface area contributed by atoms with Gasteiger partial charge in [-0.15, -0.1) is 0 Å². The van der Waals surface area contributed by atoms with Gasteiger partial charge >= 0.3 is 0 Å². The minimum absolute atomic E-state index is 0.123. The standard InChI is InChI=1S/C15H13NO3S/c17-13-8-10(20)5-6-12(13)16-14(18)7-9-3-1-2-4-11(9)15(16)19/h1-4,12H,5-8H2. The fourth-order valence-electron chi connectivity index (χ4n) is 2.82. The van der Waals surface area contributed by atoms with Crippen LogP contribution >= 0.6 is 12.2 Å². The van der Waals surface area contributed by atoms with E-state index in [0.29, 0.717) is 23.3 Å². The Morgan fingerprint density at radius 1 is 1.10 bits per heavy atom. The summed E-state index contributed by atoms with van der Waals surface area (Å²) in [4.78, 5) is 38.6. The average Bonchev–Trinajstić information content (AvgIpc) is 2.41. The van der Waals surface area contributed by atoms with E-state index in [0.717, 1.165) is 10.5 Å². The number of hydrogen-bond acceptors (Lipinski definition) is 4. The highest BCUT2D eigenvalue weighted by molar-refractivity contribution is 7.80. The van der Waals surface area contributed by atoms with E-state index in [2.05, 4.69) is 0 Å². The molecule has 0 spiro atoms. The van der Waals surface area contributed by atoms with Gasteiger partial charge in [0.2, 0.25) is 5.91 Å². The smallest absolute Gasteiger partial charge is 0.261 e. The van der Waals surface area contributed by atoms with Crippen LogP contribution in [0.25, 0.3) is 0 Å². The second-order valence-corrected chi connectivity index (χ2v) is 5.72. The molecular formula is C15H13NO3S. The highest BCUT2D eigenvalue weighted by Gasteiger charge is 2.40. The Balaban J connectivity index is 1.95. The SMILES string of the molecule is O=C1CC(=S)CCC1N1C(=O)Cc2ccccc2C1=O. The van der Waals surface area contributed by atoms with Crippen LogP contribution in [0.5, 0.6) is 0 Å². The highest BCUT2D eigenvalue weighted by atomic mass is 32.1. The molecule has 1 aromatic rings. The van der Waals surface area contributed by atoms with Crippen molar-refractivity contribution in [3.63, 3.8) is 0 Å². The van der Waals surface area contributed by atoms with Crippen LogP contribution in [-0.4, -0.2) is 33.4 Å². The van der Waals surface area contributed by atoms with E-state index in [1.165, 1.54) is 0 Å². The summed E-state index contributed by atoms with van der Waals surface area (Å²) in [5, 5.41) is 0. The van der Waals surface area contributed by atoms with Crippen LogP contribution in [0.15, 0.2) is 24.3 Å². The monoisotopic (exact) mass is 287 g/mol. The van der Waals surface area contributed by atoms with Crippen LogP contribution in [0.3, 0.4) is 0 Å². The van der Waals surface area contributed by atoms with Crippen LogP contribution in [0.2, 0.25) is 0 Å². The van der Waals surface area contributed by atoms with Crippen molar-refractivity contribution in [2.45, 2.75) is 31.7 Å². The van der Waals surface area contributed by atoms with Gasteiger partial charge in [-0.25, -0.2) is 0 Å². The van der Waals surface area contributed by atoms with Gasteiger partial charge in [0.15, 0.2) is 5.78 Å². The molecule has 3 rings (SSSR count). The summed E-state index contributed by atoms with van der Waals surface area (Å²) in [5.41, 5.74) is 1.26. The molecule has 1 unspecified atom stereocenters.